The Morgan fingerprint density at radius 3 is 2.33 bits per heavy atom. The largest absolute Gasteiger partial charge is 0.340 e. The van der Waals surface area contributed by atoms with E-state index in [1.807, 2.05) is 24.3 Å². The second kappa shape index (κ2) is 8.63. The van der Waals surface area contributed by atoms with Crippen LogP contribution in [0.3, 0.4) is 0 Å². The van der Waals surface area contributed by atoms with Crippen LogP contribution in [-0.4, -0.2) is 47.8 Å². The highest BCUT2D eigenvalue weighted by atomic mass is 79.9. The molecule has 0 bridgehead atoms. The van der Waals surface area contributed by atoms with Gasteiger partial charge < -0.3 is 10.2 Å². The Balaban J connectivity index is 1.82. The number of amides is 2. The third kappa shape index (κ3) is 4.93. The summed E-state index contributed by atoms with van der Waals surface area (Å²) in [6, 6.07) is 12.9. The van der Waals surface area contributed by atoms with Crippen molar-refractivity contribution in [3.63, 3.8) is 0 Å². The lowest BCUT2D eigenvalue weighted by molar-refractivity contribution is -0.131. The number of halogens is 2. The average molecular weight is 434 g/mol. The highest BCUT2D eigenvalue weighted by Crippen LogP contribution is 2.26. The Labute approximate surface area is 166 Å². The lowest BCUT2D eigenvalue weighted by Crippen LogP contribution is -2.51. The van der Waals surface area contributed by atoms with Crippen molar-refractivity contribution in [3.8, 4) is 0 Å². The number of anilines is 1. The van der Waals surface area contributed by atoms with Crippen molar-refractivity contribution in [1.82, 2.24) is 9.80 Å². The molecule has 1 heterocycles. The highest BCUT2D eigenvalue weighted by Gasteiger charge is 2.31. The van der Waals surface area contributed by atoms with Gasteiger partial charge in [-0.05, 0) is 35.9 Å². The number of nitrogens with one attached hydrogen (secondary N) is 1. The Hall–Kier alpha value is -2.25. The van der Waals surface area contributed by atoms with Gasteiger partial charge in [-0.3, -0.25) is 14.5 Å². The summed E-state index contributed by atoms with van der Waals surface area (Å²) in [7, 11) is 0. The molecule has 142 valence electrons. The van der Waals surface area contributed by atoms with Crippen molar-refractivity contribution in [1.29, 1.82) is 0 Å². The minimum Gasteiger partial charge on any atom is -0.340 e. The van der Waals surface area contributed by atoms with Crippen LogP contribution in [0.5, 0.6) is 0 Å². The van der Waals surface area contributed by atoms with E-state index in [4.69, 9.17) is 0 Å². The number of rotatable bonds is 4. The van der Waals surface area contributed by atoms with E-state index in [1.165, 1.54) is 12.1 Å². The summed E-state index contributed by atoms with van der Waals surface area (Å²) in [6.45, 7) is 3.90. The summed E-state index contributed by atoms with van der Waals surface area (Å²) in [4.78, 5) is 28.5. The van der Waals surface area contributed by atoms with Gasteiger partial charge in [0.1, 0.15) is 11.9 Å². The molecule has 1 N–H and O–H groups in total. The lowest BCUT2D eigenvalue weighted by atomic mass is 10.0. The van der Waals surface area contributed by atoms with Crippen LogP contribution in [0.25, 0.3) is 0 Å². The van der Waals surface area contributed by atoms with E-state index in [0.717, 1.165) is 10.0 Å². The van der Waals surface area contributed by atoms with Crippen LogP contribution in [0.15, 0.2) is 53.0 Å². The molecule has 2 aromatic rings. The van der Waals surface area contributed by atoms with Gasteiger partial charge in [-0.1, -0.05) is 34.1 Å². The number of carbonyl (C=O) groups excluding carboxylic acids is 2. The first kappa shape index (κ1) is 19.5. The molecular weight excluding hydrogens is 413 g/mol. The van der Waals surface area contributed by atoms with Gasteiger partial charge in [0, 0.05) is 43.3 Å². The number of hydrogen-bond acceptors (Lipinski definition) is 3. The van der Waals surface area contributed by atoms with Gasteiger partial charge >= 0.3 is 0 Å². The molecule has 7 heteroatoms. The minimum atomic E-state index is -0.518. The topological polar surface area (TPSA) is 52.7 Å². The fraction of sp³-hybridized carbons (Fsp3) is 0.300. The van der Waals surface area contributed by atoms with Gasteiger partial charge in [0.25, 0.3) is 0 Å². The van der Waals surface area contributed by atoms with Crippen molar-refractivity contribution in [2.45, 2.75) is 13.0 Å². The molecule has 0 radical (unpaired) electrons. The zero-order chi connectivity index (χ0) is 19.4. The van der Waals surface area contributed by atoms with Crippen LogP contribution in [0.2, 0.25) is 0 Å². The molecule has 1 unspecified atom stereocenters. The van der Waals surface area contributed by atoms with Crippen LogP contribution < -0.4 is 5.32 Å². The maximum atomic E-state index is 13.5. The maximum absolute atomic E-state index is 13.5. The fourth-order valence-electron chi connectivity index (χ4n) is 3.24. The normalized spacial score (nSPS) is 16.0. The number of nitrogens with zero attached hydrogens (tertiary/aromatic N) is 2. The summed E-state index contributed by atoms with van der Waals surface area (Å²) < 4.78 is 14.4. The van der Waals surface area contributed by atoms with E-state index in [1.54, 1.807) is 24.0 Å². The van der Waals surface area contributed by atoms with E-state index in [0.29, 0.717) is 31.9 Å². The SMILES string of the molecule is CC(=O)N1CCN(C(C(=O)Nc2cccc(F)c2)c2ccc(Br)cc2)CC1. The van der Waals surface area contributed by atoms with Crippen molar-refractivity contribution >= 4 is 33.4 Å². The van der Waals surface area contributed by atoms with Crippen LogP contribution in [0, 0.1) is 5.82 Å². The predicted molar refractivity (Wildman–Crippen MR) is 106 cm³/mol. The first-order valence-electron chi connectivity index (χ1n) is 8.75. The molecule has 27 heavy (non-hydrogen) atoms. The molecule has 2 amide bonds. The molecule has 0 saturated carbocycles. The summed E-state index contributed by atoms with van der Waals surface area (Å²) in [6.07, 6.45) is 0. The Morgan fingerprint density at radius 2 is 1.74 bits per heavy atom. The molecule has 1 aliphatic rings. The third-order valence-corrected chi connectivity index (χ3v) is 5.18. The average Bonchev–Trinajstić information content (AvgIpc) is 2.64. The molecule has 2 aromatic carbocycles. The first-order chi connectivity index (χ1) is 12.9. The van der Waals surface area contributed by atoms with Crippen LogP contribution >= 0.6 is 15.9 Å². The van der Waals surface area contributed by atoms with Crippen molar-refractivity contribution in [2.75, 3.05) is 31.5 Å². The quantitative estimate of drug-likeness (QED) is 0.803. The molecule has 0 spiro atoms. The van der Waals surface area contributed by atoms with Crippen molar-refractivity contribution in [3.05, 3.63) is 64.4 Å². The Kier molecular flexibility index (Phi) is 6.23. The summed E-state index contributed by atoms with van der Waals surface area (Å²) >= 11 is 3.41. The summed E-state index contributed by atoms with van der Waals surface area (Å²) in [5.41, 5.74) is 1.27. The van der Waals surface area contributed by atoms with Crippen molar-refractivity contribution in [2.24, 2.45) is 0 Å². The van der Waals surface area contributed by atoms with Gasteiger partial charge in [-0.15, -0.1) is 0 Å². The lowest BCUT2D eigenvalue weighted by Gasteiger charge is -2.38. The molecule has 5 nitrogen and oxygen atoms in total. The number of hydrogen-bond donors (Lipinski definition) is 1. The summed E-state index contributed by atoms with van der Waals surface area (Å²) in [5.74, 6) is -0.582. The predicted octanol–water partition coefficient (Wildman–Crippen LogP) is 3.43. The van der Waals surface area contributed by atoms with Crippen LogP contribution in [-0.2, 0) is 9.59 Å². The van der Waals surface area contributed by atoms with E-state index < -0.39 is 11.9 Å². The van der Waals surface area contributed by atoms with E-state index in [9.17, 15) is 14.0 Å². The molecule has 0 aliphatic carbocycles. The standard InChI is InChI=1S/C20H21BrFN3O2/c1-14(26)24-9-11-25(12-10-24)19(15-5-7-16(21)8-6-15)20(27)23-18-4-2-3-17(22)13-18/h2-8,13,19H,9-12H2,1H3,(H,23,27). The van der Waals surface area contributed by atoms with E-state index >= 15 is 0 Å². The second-order valence-electron chi connectivity index (χ2n) is 6.50. The van der Waals surface area contributed by atoms with Gasteiger partial charge in [0.2, 0.25) is 11.8 Å². The molecule has 1 fully saturated rings. The first-order valence-corrected chi connectivity index (χ1v) is 9.55. The number of benzene rings is 2. The van der Waals surface area contributed by atoms with Gasteiger partial charge in [0.15, 0.2) is 0 Å². The van der Waals surface area contributed by atoms with Gasteiger partial charge in [0.05, 0.1) is 0 Å². The fourth-order valence-corrected chi connectivity index (χ4v) is 3.51. The zero-order valence-corrected chi connectivity index (χ0v) is 16.6. The number of carbonyl (C=O) groups is 2. The monoisotopic (exact) mass is 433 g/mol. The third-order valence-electron chi connectivity index (χ3n) is 4.65. The van der Waals surface area contributed by atoms with Gasteiger partial charge in [-0.25, -0.2) is 4.39 Å². The molecule has 3 rings (SSSR count). The second-order valence-corrected chi connectivity index (χ2v) is 7.41. The van der Waals surface area contributed by atoms with Crippen molar-refractivity contribution < 1.29 is 14.0 Å². The molecule has 1 atom stereocenters. The molecular formula is C20H21BrFN3O2. The Bertz CT molecular complexity index is 820. The Morgan fingerprint density at radius 1 is 1.07 bits per heavy atom. The molecule has 1 saturated heterocycles. The zero-order valence-electron chi connectivity index (χ0n) is 15.0. The number of piperazine rings is 1. The minimum absolute atomic E-state index is 0.0408. The van der Waals surface area contributed by atoms with Crippen LogP contribution in [0.1, 0.15) is 18.5 Å². The smallest absolute Gasteiger partial charge is 0.246 e. The van der Waals surface area contributed by atoms with Gasteiger partial charge in [-0.2, -0.15) is 0 Å². The molecule has 1 aliphatic heterocycles. The van der Waals surface area contributed by atoms with E-state index in [-0.39, 0.29) is 11.8 Å². The summed E-state index contributed by atoms with van der Waals surface area (Å²) in [5, 5.41) is 2.81. The maximum Gasteiger partial charge on any atom is 0.246 e. The van der Waals surface area contributed by atoms with E-state index in [2.05, 4.69) is 26.1 Å². The molecule has 0 aromatic heterocycles. The highest BCUT2D eigenvalue weighted by molar-refractivity contribution is 9.10. The van der Waals surface area contributed by atoms with Crippen LogP contribution in [0.4, 0.5) is 10.1 Å².